The number of hydrogen-bond acceptors (Lipinski definition) is 5. The molecule has 0 spiro atoms. The minimum absolute atomic E-state index is 0.437. The number of nitrogens with zero attached hydrogens (tertiary/aromatic N) is 3. The van der Waals surface area contributed by atoms with E-state index >= 15 is 0 Å². The molecule has 1 heterocycles. The maximum Gasteiger partial charge on any atom is 0.141 e. The quantitative estimate of drug-likeness (QED) is 0.358. The summed E-state index contributed by atoms with van der Waals surface area (Å²) >= 11 is 0. The fourth-order valence-corrected chi connectivity index (χ4v) is 1.39. The molecule has 18 heavy (non-hydrogen) atoms. The zero-order valence-corrected chi connectivity index (χ0v) is 10.9. The standard InChI is InChI=1S/C12H22N6/c1-2-3-4-11(13)16-6-5-15-7-10-8-18-12(14)9-17-10/h8-9,15H,2-7H2,1H3,(H2,13,16)(H2,14,18). The number of rotatable bonds is 8. The van der Waals surface area contributed by atoms with Crippen LogP contribution in [0.15, 0.2) is 17.4 Å². The van der Waals surface area contributed by atoms with E-state index in [1.54, 1.807) is 12.4 Å². The molecule has 0 bridgehead atoms. The highest BCUT2D eigenvalue weighted by atomic mass is 15.0. The average Bonchev–Trinajstić information content (AvgIpc) is 2.38. The number of hydrogen-bond donors (Lipinski definition) is 3. The van der Waals surface area contributed by atoms with Gasteiger partial charge in [0.05, 0.1) is 30.5 Å². The second kappa shape index (κ2) is 8.41. The van der Waals surface area contributed by atoms with Crippen LogP contribution in [0.2, 0.25) is 0 Å². The van der Waals surface area contributed by atoms with E-state index in [2.05, 4.69) is 27.2 Å². The number of anilines is 1. The third-order valence-electron chi connectivity index (χ3n) is 2.42. The van der Waals surface area contributed by atoms with Crippen LogP contribution in [0.3, 0.4) is 0 Å². The Hall–Kier alpha value is -1.69. The van der Waals surface area contributed by atoms with E-state index in [9.17, 15) is 0 Å². The predicted molar refractivity (Wildman–Crippen MR) is 74.2 cm³/mol. The van der Waals surface area contributed by atoms with Crippen molar-refractivity contribution in [3.63, 3.8) is 0 Å². The summed E-state index contributed by atoms with van der Waals surface area (Å²) in [6.07, 6.45) is 6.35. The van der Waals surface area contributed by atoms with E-state index < -0.39 is 0 Å². The number of nitrogen functional groups attached to an aromatic ring is 1. The van der Waals surface area contributed by atoms with E-state index in [0.29, 0.717) is 18.9 Å². The Morgan fingerprint density at radius 3 is 2.89 bits per heavy atom. The van der Waals surface area contributed by atoms with Gasteiger partial charge in [0, 0.05) is 19.5 Å². The summed E-state index contributed by atoms with van der Waals surface area (Å²) in [6.45, 7) is 4.27. The van der Waals surface area contributed by atoms with Crippen LogP contribution >= 0.6 is 0 Å². The molecule has 0 aliphatic heterocycles. The highest BCUT2D eigenvalue weighted by Crippen LogP contribution is 1.95. The third-order valence-corrected chi connectivity index (χ3v) is 2.42. The summed E-state index contributed by atoms with van der Waals surface area (Å²) in [5.41, 5.74) is 12.1. The molecule has 0 atom stereocenters. The van der Waals surface area contributed by atoms with Gasteiger partial charge in [-0.3, -0.25) is 9.98 Å². The van der Waals surface area contributed by atoms with Gasteiger partial charge in [0.15, 0.2) is 0 Å². The van der Waals surface area contributed by atoms with Crippen molar-refractivity contribution in [1.29, 1.82) is 0 Å². The molecule has 0 aromatic carbocycles. The largest absolute Gasteiger partial charge is 0.387 e. The van der Waals surface area contributed by atoms with Gasteiger partial charge in [0.2, 0.25) is 0 Å². The van der Waals surface area contributed by atoms with Crippen molar-refractivity contribution >= 4 is 11.7 Å². The number of nitrogens with two attached hydrogens (primary N) is 2. The Labute approximate surface area is 108 Å². The van der Waals surface area contributed by atoms with Gasteiger partial charge >= 0.3 is 0 Å². The van der Waals surface area contributed by atoms with Gasteiger partial charge in [-0.1, -0.05) is 13.3 Å². The summed E-state index contributed by atoms with van der Waals surface area (Å²) in [5, 5.41) is 3.23. The Balaban J connectivity index is 2.13. The molecule has 1 aromatic rings. The van der Waals surface area contributed by atoms with Crippen molar-refractivity contribution < 1.29 is 0 Å². The third kappa shape index (κ3) is 6.15. The van der Waals surface area contributed by atoms with Gasteiger partial charge in [-0.15, -0.1) is 0 Å². The molecule has 0 radical (unpaired) electrons. The summed E-state index contributed by atoms with van der Waals surface area (Å²) in [5.74, 6) is 1.18. The number of amidine groups is 1. The molecule has 0 aliphatic rings. The fourth-order valence-electron chi connectivity index (χ4n) is 1.39. The molecule has 6 nitrogen and oxygen atoms in total. The molecule has 0 fully saturated rings. The second-order valence-electron chi connectivity index (χ2n) is 4.09. The van der Waals surface area contributed by atoms with Crippen molar-refractivity contribution in [2.24, 2.45) is 10.7 Å². The Kier molecular flexibility index (Phi) is 6.71. The first-order chi connectivity index (χ1) is 8.72. The van der Waals surface area contributed by atoms with Crippen LogP contribution in [0.5, 0.6) is 0 Å². The lowest BCUT2D eigenvalue weighted by molar-refractivity contribution is 0.679. The molecule has 0 aliphatic carbocycles. The highest BCUT2D eigenvalue weighted by molar-refractivity contribution is 5.80. The van der Waals surface area contributed by atoms with E-state index in [1.807, 2.05) is 0 Å². The Morgan fingerprint density at radius 1 is 1.39 bits per heavy atom. The first-order valence-electron chi connectivity index (χ1n) is 6.28. The lowest BCUT2D eigenvalue weighted by Crippen LogP contribution is -2.20. The predicted octanol–water partition coefficient (Wildman–Crippen LogP) is 0.696. The number of aliphatic imine (C=N–C) groups is 1. The molecule has 0 unspecified atom stereocenters. The SMILES string of the molecule is CCCCC(N)=NCCNCc1cnc(N)cn1. The van der Waals surface area contributed by atoms with Crippen LogP contribution in [-0.4, -0.2) is 28.9 Å². The maximum absolute atomic E-state index is 5.76. The van der Waals surface area contributed by atoms with Crippen molar-refractivity contribution in [3.05, 3.63) is 18.1 Å². The Bertz CT molecular complexity index is 359. The normalized spacial score (nSPS) is 11.7. The van der Waals surface area contributed by atoms with Gasteiger partial charge in [0.25, 0.3) is 0 Å². The molecule has 5 N–H and O–H groups in total. The van der Waals surface area contributed by atoms with E-state index in [0.717, 1.165) is 37.3 Å². The van der Waals surface area contributed by atoms with Crippen LogP contribution in [0.1, 0.15) is 31.9 Å². The average molecular weight is 250 g/mol. The fraction of sp³-hybridized carbons (Fsp3) is 0.583. The van der Waals surface area contributed by atoms with Crippen molar-refractivity contribution in [1.82, 2.24) is 15.3 Å². The number of aromatic nitrogens is 2. The van der Waals surface area contributed by atoms with Crippen molar-refractivity contribution in [2.75, 3.05) is 18.8 Å². The minimum Gasteiger partial charge on any atom is -0.387 e. The molecule has 6 heteroatoms. The van der Waals surface area contributed by atoms with Gasteiger partial charge in [-0.2, -0.15) is 0 Å². The maximum atomic E-state index is 5.76. The zero-order chi connectivity index (χ0) is 13.2. The van der Waals surface area contributed by atoms with Crippen molar-refractivity contribution in [3.8, 4) is 0 Å². The topological polar surface area (TPSA) is 102 Å². The first-order valence-corrected chi connectivity index (χ1v) is 6.28. The lowest BCUT2D eigenvalue weighted by Gasteiger charge is -2.03. The summed E-state index contributed by atoms with van der Waals surface area (Å²) in [6, 6.07) is 0. The minimum atomic E-state index is 0.437. The number of unbranched alkanes of at least 4 members (excludes halogenated alkanes) is 1. The molecule has 100 valence electrons. The molecule has 1 aromatic heterocycles. The van der Waals surface area contributed by atoms with Gasteiger partial charge < -0.3 is 16.8 Å². The smallest absolute Gasteiger partial charge is 0.141 e. The molecular weight excluding hydrogens is 228 g/mol. The van der Waals surface area contributed by atoms with Crippen LogP contribution in [0.25, 0.3) is 0 Å². The molecular formula is C12H22N6. The lowest BCUT2D eigenvalue weighted by atomic mass is 10.2. The summed E-state index contributed by atoms with van der Waals surface area (Å²) in [4.78, 5) is 12.4. The van der Waals surface area contributed by atoms with Gasteiger partial charge in [-0.25, -0.2) is 4.98 Å². The first kappa shape index (κ1) is 14.4. The molecule has 0 saturated carbocycles. The molecule has 1 rings (SSSR count). The van der Waals surface area contributed by atoms with Gasteiger partial charge in [0.1, 0.15) is 5.82 Å². The summed E-state index contributed by atoms with van der Waals surface area (Å²) in [7, 11) is 0. The summed E-state index contributed by atoms with van der Waals surface area (Å²) < 4.78 is 0. The van der Waals surface area contributed by atoms with E-state index in [-0.39, 0.29) is 0 Å². The van der Waals surface area contributed by atoms with Gasteiger partial charge in [-0.05, 0) is 6.42 Å². The van der Waals surface area contributed by atoms with Crippen LogP contribution in [0, 0.1) is 0 Å². The highest BCUT2D eigenvalue weighted by Gasteiger charge is 1.95. The van der Waals surface area contributed by atoms with E-state index in [1.165, 1.54) is 0 Å². The number of nitrogens with one attached hydrogen (secondary N) is 1. The Morgan fingerprint density at radius 2 is 2.22 bits per heavy atom. The second-order valence-corrected chi connectivity index (χ2v) is 4.09. The molecule has 0 saturated heterocycles. The molecule has 0 amide bonds. The zero-order valence-electron chi connectivity index (χ0n) is 10.9. The van der Waals surface area contributed by atoms with Crippen LogP contribution < -0.4 is 16.8 Å². The monoisotopic (exact) mass is 250 g/mol. The van der Waals surface area contributed by atoms with E-state index in [4.69, 9.17) is 11.5 Å². The van der Waals surface area contributed by atoms with Crippen LogP contribution in [0.4, 0.5) is 5.82 Å². The van der Waals surface area contributed by atoms with Crippen LogP contribution in [-0.2, 0) is 6.54 Å². The van der Waals surface area contributed by atoms with Crippen molar-refractivity contribution in [2.45, 2.75) is 32.7 Å².